The average molecular weight is 1020 g/mol. The molecule has 73 heavy (non-hydrogen) atoms. The van der Waals surface area contributed by atoms with Crippen LogP contribution in [0.25, 0.3) is 0 Å². The Kier molecular flexibility index (Phi) is 58.3. The quantitative estimate of drug-likeness (QED) is 0.0261. The van der Waals surface area contributed by atoms with E-state index in [1.807, 2.05) is 0 Å². The van der Waals surface area contributed by atoms with Gasteiger partial charge < -0.3 is 14.2 Å². The predicted octanol–water partition coefficient (Wildman–Crippen LogP) is 21.1. The van der Waals surface area contributed by atoms with Gasteiger partial charge >= 0.3 is 17.9 Å². The Morgan fingerprint density at radius 3 is 0.877 bits per heavy atom. The highest BCUT2D eigenvalue weighted by molar-refractivity contribution is 5.71. The lowest BCUT2D eigenvalue weighted by Crippen LogP contribution is -2.30. The van der Waals surface area contributed by atoms with Crippen LogP contribution in [0.2, 0.25) is 0 Å². The number of carbonyl (C=O) groups excluding carboxylic acids is 3. The molecule has 1 unspecified atom stereocenters. The van der Waals surface area contributed by atoms with Gasteiger partial charge in [0.1, 0.15) is 13.2 Å². The summed E-state index contributed by atoms with van der Waals surface area (Å²) in [5.74, 6) is -0.880. The van der Waals surface area contributed by atoms with Gasteiger partial charge in [-0.2, -0.15) is 0 Å². The predicted molar refractivity (Wildman–Crippen MR) is 316 cm³/mol. The molecule has 0 bridgehead atoms. The van der Waals surface area contributed by atoms with Crippen LogP contribution in [0, 0.1) is 0 Å². The maximum Gasteiger partial charge on any atom is 0.306 e. The molecule has 0 fully saturated rings. The lowest BCUT2D eigenvalue weighted by atomic mass is 10.0. The van der Waals surface area contributed by atoms with Gasteiger partial charge in [0.2, 0.25) is 0 Å². The fraction of sp³-hybridized carbons (Fsp3) is 0.746. The maximum absolute atomic E-state index is 12.8. The number of esters is 3. The molecule has 1 atom stereocenters. The number of carbonyl (C=O) groups is 3. The van der Waals surface area contributed by atoms with E-state index in [2.05, 4.69) is 106 Å². The summed E-state index contributed by atoms with van der Waals surface area (Å²) in [6.07, 6.45) is 80.5. The van der Waals surface area contributed by atoms with Crippen LogP contribution in [0.5, 0.6) is 0 Å². The summed E-state index contributed by atoms with van der Waals surface area (Å²) in [7, 11) is 0. The van der Waals surface area contributed by atoms with Gasteiger partial charge in [-0.1, -0.05) is 273 Å². The largest absolute Gasteiger partial charge is 0.462 e. The van der Waals surface area contributed by atoms with Gasteiger partial charge in [-0.3, -0.25) is 14.4 Å². The SMILES string of the molecule is CC/C=C\C/C=C\C/C=C\C/C=C\C/C=C\C/C=C\CCCCCCCCCCCCCCCCCCC(=O)OCC(COC(=O)CCCCCCCCCC)OC(=O)CCCCCCC/C=C\CCCCC. The highest BCUT2D eigenvalue weighted by Gasteiger charge is 2.19. The Morgan fingerprint density at radius 1 is 0.288 bits per heavy atom. The molecule has 0 amide bonds. The van der Waals surface area contributed by atoms with Gasteiger partial charge in [0.05, 0.1) is 0 Å². The summed E-state index contributed by atoms with van der Waals surface area (Å²) in [5.41, 5.74) is 0. The monoisotopic (exact) mass is 1020 g/mol. The van der Waals surface area contributed by atoms with Crippen molar-refractivity contribution in [1.82, 2.24) is 0 Å². The van der Waals surface area contributed by atoms with Crippen LogP contribution in [-0.2, 0) is 28.6 Å². The number of hydrogen-bond acceptors (Lipinski definition) is 6. The average Bonchev–Trinajstić information content (AvgIpc) is 3.39. The van der Waals surface area contributed by atoms with Crippen LogP contribution in [0.15, 0.2) is 85.1 Å². The lowest BCUT2D eigenvalue weighted by Gasteiger charge is -2.18. The van der Waals surface area contributed by atoms with Gasteiger partial charge in [0, 0.05) is 19.3 Å². The zero-order valence-electron chi connectivity index (χ0n) is 48.1. The fourth-order valence-electron chi connectivity index (χ4n) is 8.74. The van der Waals surface area contributed by atoms with Crippen LogP contribution >= 0.6 is 0 Å². The second kappa shape index (κ2) is 61.1. The van der Waals surface area contributed by atoms with Crippen LogP contribution in [0.4, 0.5) is 0 Å². The molecule has 0 N–H and O–H groups in total. The Balaban J connectivity index is 3.99. The van der Waals surface area contributed by atoms with Gasteiger partial charge in [-0.05, 0) is 96.3 Å². The highest BCUT2D eigenvalue weighted by atomic mass is 16.6. The second-order valence-electron chi connectivity index (χ2n) is 20.6. The first kappa shape index (κ1) is 69.6. The molecule has 0 aliphatic carbocycles. The Morgan fingerprint density at radius 2 is 0.534 bits per heavy atom. The molecular weight excluding hydrogens is 901 g/mol. The molecule has 6 heteroatoms. The number of allylic oxidation sites excluding steroid dienone is 14. The summed E-state index contributed by atoms with van der Waals surface area (Å²) in [6.45, 7) is 6.48. The number of hydrogen-bond donors (Lipinski definition) is 0. The zero-order chi connectivity index (χ0) is 52.9. The molecule has 0 radical (unpaired) electrons. The first-order valence-corrected chi connectivity index (χ1v) is 31.1. The minimum Gasteiger partial charge on any atom is -0.462 e. The van der Waals surface area contributed by atoms with E-state index in [1.54, 1.807) is 0 Å². The molecule has 0 aromatic carbocycles. The third-order valence-corrected chi connectivity index (χ3v) is 13.4. The molecule has 0 rings (SSSR count). The third-order valence-electron chi connectivity index (χ3n) is 13.4. The molecule has 6 nitrogen and oxygen atoms in total. The van der Waals surface area contributed by atoms with Crippen LogP contribution in [0.3, 0.4) is 0 Å². The molecular formula is C67H116O6. The maximum atomic E-state index is 12.8. The van der Waals surface area contributed by atoms with Gasteiger partial charge in [-0.15, -0.1) is 0 Å². The molecule has 0 aromatic heterocycles. The van der Waals surface area contributed by atoms with Crippen molar-refractivity contribution in [2.24, 2.45) is 0 Å². The van der Waals surface area contributed by atoms with Crippen molar-refractivity contribution in [2.75, 3.05) is 13.2 Å². The van der Waals surface area contributed by atoms with Crippen molar-refractivity contribution >= 4 is 17.9 Å². The summed E-state index contributed by atoms with van der Waals surface area (Å²) >= 11 is 0. The molecule has 0 aliphatic rings. The van der Waals surface area contributed by atoms with Crippen LogP contribution in [0.1, 0.15) is 303 Å². The van der Waals surface area contributed by atoms with Crippen molar-refractivity contribution in [1.29, 1.82) is 0 Å². The zero-order valence-corrected chi connectivity index (χ0v) is 48.1. The van der Waals surface area contributed by atoms with Crippen molar-refractivity contribution < 1.29 is 28.6 Å². The molecule has 0 aromatic rings. The Labute approximate surface area is 452 Å². The van der Waals surface area contributed by atoms with E-state index in [1.165, 1.54) is 154 Å². The molecule has 0 saturated carbocycles. The molecule has 0 aliphatic heterocycles. The topological polar surface area (TPSA) is 78.9 Å². The fourth-order valence-corrected chi connectivity index (χ4v) is 8.74. The van der Waals surface area contributed by atoms with E-state index in [4.69, 9.17) is 14.2 Å². The molecule has 0 saturated heterocycles. The van der Waals surface area contributed by atoms with Crippen molar-refractivity contribution in [3.8, 4) is 0 Å². The molecule has 0 heterocycles. The Bertz CT molecular complexity index is 1400. The van der Waals surface area contributed by atoms with E-state index >= 15 is 0 Å². The van der Waals surface area contributed by atoms with E-state index in [-0.39, 0.29) is 31.1 Å². The lowest BCUT2D eigenvalue weighted by molar-refractivity contribution is -0.167. The summed E-state index contributed by atoms with van der Waals surface area (Å²) < 4.78 is 16.8. The number of unbranched alkanes of at least 4 members (excludes halogenated alkanes) is 31. The minimum atomic E-state index is -0.774. The van der Waals surface area contributed by atoms with Crippen LogP contribution < -0.4 is 0 Å². The van der Waals surface area contributed by atoms with Gasteiger partial charge in [0.15, 0.2) is 6.10 Å². The minimum absolute atomic E-state index is 0.0753. The standard InChI is InChI=1S/C67H116O6/c1-4-7-10-13-16-19-21-23-24-25-26-27-28-29-30-31-32-33-34-35-36-37-38-39-40-41-42-43-44-45-47-48-51-54-57-60-66(69)72-63-64(62-71-65(68)59-56-53-50-18-15-12-9-6-3)73-67(70)61-58-55-52-49-46-22-20-17-14-11-8-5-2/h7,10,16-17,19-20,23-24,26-27,29-30,32-33,64H,4-6,8-9,11-15,18,21-22,25,28,31,34-63H2,1-3H3/b10-7-,19-16-,20-17-,24-23-,27-26-,30-29-,33-32-. The van der Waals surface area contributed by atoms with Crippen molar-refractivity contribution in [3.05, 3.63) is 85.1 Å². The number of ether oxygens (including phenoxy) is 3. The first-order valence-electron chi connectivity index (χ1n) is 31.1. The van der Waals surface area contributed by atoms with E-state index in [0.29, 0.717) is 19.3 Å². The van der Waals surface area contributed by atoms with E-state index in [9.17, 15) is 14.4 Å². The molecule has 420 valence electrons. The van der Waals surface area contributed by atoms with Gasteiger partial charge in [0.25, 0.3) is 0 Å². The van der Waals surface area contributed by atoms with Crippen LogP contribution in [-0.4, -0.2) is 37.2 Å². The summed E-state index contributed by atoms with van der Waals surface area (Å²) in [6, 6.07) is 0. The number of rotatable bonds is 56. The van der Waals surface area contributed by atoms with Crippen molar-refractivity contribution in [3.63, 3.8) is 0 Å². The third kappa shape index (κ3) is 59.3. The Hall–Kier alpha value is -3.41. The summed E-state index contributed by atoms with van der Waals surface area (Å²) in [4.78, 5) is 38.0. The van der Waals surface area contributed by atoms with Gasteiger partial charge in [-0.25, -0.2) is 0 Å². The highest BCUT2D eigenvalue weighted by Crippen LogP contribution is 2.16. The van der Waals surface area contributed by atoms with E-state index in [0.717, 1.165) is 109 Å². The van der Waals surface area contributed by atoms with Crippen molar-refractivity contribution in [2.45, 2.75) is 309 Å². The molecule has 0 spiro atoms. The smallest absolute Gasteiger partial charge is 0.306 e. The van der Waals surface area contributed by atoms with E-state index < -0.39 is 6.10 Å². The first-order chi connectivity index (χ1) is 36.0. The second-order valence-corrected chi connectivity index (χ2v) is 20.6. The summed E-state index contributed by atoms with van der Waals surface area (Å²) in [5, 5.41) is 0. The normalized spacial score (nSPS) is 12.6.